The third-order valence-corrected chi connectivity index (χ3v) is 5.62. The smallest absolute Gasteiger partial charge is 0.223 e. The first kappa shape index (κ1) is 20.0. The Morgan fingerprint density at radius 1 is 1.13 bits per heavy atom. The molecule has 0 spiro atoms. The zero-order valence-electron chi connectivity index (χ0n) is 17.4. The number of amides is 1. The highest BCUT2D eigenvalue weighted by Crippen LogP contribution is 2.18. The Kier molecular flexibility index (Phi) is 6.32. The fraction of sp³-hybridized carbons (Fsp3) is 0.333. The number of para-hydroxylation sites is 1. The molecule has 3 aromatic rings. The highest BCUT2D eigenvalue weighted by atomic mass is 16.2. The predicted octanol–water partition coefficient (Wildman–Crippen LogP) is 2.92. The van der Waals surface area contributed by atoms with E-state index >= 15 is 0 Å². The summed E-state index contributed by atoms with van der Waals surface area (Å²) >= 11 is 0. The number of aromatic nitrogens is 1. The largest absolute Gasteiger partial charge is 0.357 e. The molecule has 1 fully saturated rings. The van der Waals surface area contributed by atoms with Crippen LogP contribution in [0.15, 0.2) is 65.7 Å². The minimum Gasteiger partial charge on any atom is -0.357 e. The second-order valence-electron chi connectivity index (χ2n) is 7.83. The third-order valence-electron chi connectivity index (χ3n) is 5.62. The number of hydrogen-bond acceptors (Lipinski definition) is 2. The van der Waals surface area contributed by atoms with Crippen LogP contribution < -0.4 is 10.6 Å². The van der Waals surface area contributed by atoms with E-state index < -0.39 is 0 Å². The standard InChI is InChI=1S/C24H29N5O/c1-25-24(27-16-21-14-20-9-5-6-10-22(20)28-21)26-15-19-13-23(30)29(17-19)12-11-18-7-3-2-4-8-18/h2-10,14,19,28H,11-13,15-17H2,1H3,(H2,25,26,27). The summed E-state index contributed by atoms with van der Waals surface area (Å²) in [6, 6.07) is 20.7. The Labute approximate surface area is 177 Å². The molecule has 1 saturated heterocycles. The quantitative estimate of drug-likeness (QED) is 0.420. The number of hydrogen-bond donors (Lipinski definition) is 3. The van der Waals surface area contributed by atoms with Gasteiger partial charge in [0.2, 0.25) is 5.91 Å². The van der Waals surface area contributed by atoms with E-state index in [0.29, 0.717) is 18.9 Å². The van der Waals surface area contributed by atoms with Crippen LogP contribution in [0.1, 0.15) is 17.7 Å². The zero-order valence-corrected chi connectivity index (χ0v) is 17.4. The molecule has 0 radical (unpaired) electrons. The summed E-state index contributed by atoms with van der Waals surface area (Å²) < 4.78 is 0. The average molecular weight is 404 g/mol. The molecule has 0 aliphatic carbocycles. The van der Waals surface area contributed by atoms with Crippen LogP contribution in [-0.2, 0) is 17.8 Å². The molecule has 1 aromatic heterocycles. The topological polar surface area (TPSA) is 72.5 Å². The number of guanidine groups is 1. The number of carbonyl (C=O) groups excluding carboxylic acids is 1. The average Bonchev–Trinajstić information content (AvgIpc) is 3.35. The zero-order chi connectivity index (χ0) is 20.8. The molecule has 1 unspecified atom stereocenters. The van der Waals surface area contributed by atoms with Crippen LogP contribution in [0.25, 0.3) is 10.9 Å². The fourth-order valence-electron chi connectivity index (χ4n) is 3.98. The van der Waals surface area contributed by atoms with Crippen LogP contribution >= 0.6 is 0 Å². The summed E-state index contributed by atoms with van der Waals surface area (Å²) in [5.74, 6) is 1.31. The van der Waals surface area contributed by atoms with Crippen LogP contribution in [0.3, 0.4) is 0 Å². The maximum Gasteiger partial charge on any atom is 0.223 e. The molecule has 4 rings (SSSR count). The van der Waals surface area contributed by atoms with E-state index in [1.165, 1.54) is 10.9 Å². The van der Waals surface area contributed by atoms with E-state index in [1.54, 1.807) is 7.05 Å². The number of nitrogens with zero attached hydrogens (tertiary/aromatic N) is 2. The van der Waals surface area contributed by atoms with Gasteiger partial charge in [-0.3, -0.25) is 9.79 Å². The maximum atomic E-state index is 12.4. The van der Waals surface area contributed by atoms with Gasteiger partial charge in [0.1, 0.15) is 0 Å². The molecule has 6 heteroatoms. The number of aromatic amines is 1. The number of fused-ring (bicyclic) bond motifs is 1. The lowest BCUT2D eigenvalue weighted by Gasteiger charge is -2.18. The van der Waals surface area contributed by atoms with E-state index in [2.05, 4.69) is 50.9 Å². The molecule has 1 atom stereocenters. The summed E-state index contributed by atoms with van der Waals surface area (Å²) in [4.78, 5) is 22.1. The van der Waals surface area contributed by atoms with Gasteiger partial charge in [-0.2, -0.15) is 0 Å². The van der Waals surface area contributed by atoms with E-state index in [-0.39, 0.29) is 5.91 Å². The van der Waals surface area contributed by atoms with Gasteiger partial charge in [0, 0.05) is 50.2 Å². The molecular formula is C24H29N5O. The second-order valence-corrected chi connectivity index (χ2v) is 7.83. The fourth-order valence-corrected chi connectivity index (χ4v) is 3.98. The van der Waals surface area contributed by atoms with Gasteiger partial charge in [-0.05, 0) is 29.5 Å². The molecule has 0 bridgehead atoms. The molecule has 1 aliphatic rings. The molecule has 3 N–H and O–H groups in total. The minimum atomic E-state index is 0.249. The van der Waals surface area contributed by atoms with Crippen molar-refractivity contribution in [1.82, 2.24) is 20.5 Å². The van der Waals surface area contributed by atoms with Crippen LogP contribution in [0.2, 0.25) is 0 Å². The number of rotatable bonds is 7. The van der Waals surface area contributed by atoms with Crippen LogP contribution in [0.5, 0.6) is 0 Å². The molecule has 1 amide bonds. The second kappa shape index (κ2) is 9.48. The summed E-state index contributed by atoms with van der Waals surface area (Å²) in [6.45, 7) is 2.99. The molecule has 30 heavy (non-hydrogen) atoms. The number of aliphatic imine (C=N–C) groups is 1. The first-order chi connectivity index (χ1) is 14.7. The highest BCUT2D eigenvalue weighted by molar-refractivity contribution is 5.82. The Morgan fingerprint density at radius 3 is 2.73 bits per heavy atom. The van der Waals surface area contributed by atoms with E-state index in [1.807, 2.05) is 35.2 Å². The Balaban J connectivity index is 1.22. The number of H-pyrrole nitrogens is 1. The monoisotopic (exact) mass is 403 g/mol. The van der Waals surface area contributed by atoms with Gasteiger partial charge in [-0.1, -0.05) is 48.5 Å². The lowest BCUT2D eigenvalue weighted by Crippen LogP contribution is -2.40. The van der Waals surface area contributed by atoms with Crippen molar-refractivity contribution in [2.45, 2.75) is 19.4 Å². The van der Waals surface area contributed by atoms with Gasteiger partial charge in [0.25, 0.3) is 0 Å². The SMILES string of the molecule is CN=C(NCc1cc2ccccc2[nH]1)NCC1CC(=O)N(CCc2ccccc2)C1. The van der Waals surface area contributed by atoms with Gasteiger partial charge in [-0.25, -0.2) is 0 Å². The molecule has 156 valence electrons. The normalized spacial score (nSPS) is 17.0. The van der Waals surface area contributed by atoms with Crippen molar-refractivity contribution in [3.63, 3.8) is 0 Å². The Morgan fingerprint density at radius 2 is 1.93 bits per heavy atom. The lowest BCUT2D eigenvalue weighted by atomic mass is 10.1. The van der Waals surface area contributed by atoms with Crippen molar-refractivity contribution >= 4 is 22.8 Å². The van der Waals surface area contributed by atoms with Crippen molar-refractivity contribution in [3.05, 3.63) is 71.9 Å². The number of nitrogens with one attached hydrogen (secondary N) is 3. The number of carbonyl (C=O) groups is 1. The van der Waals surface area contributed by atoms with Gasteiger partial charge in [0.15, 0.2) is 5.96 Å². The number of benzene rings is 2. The summed E-state index contributed by atoms with van der Waals surface area (Å²) in [6.07, 6.45) is 1.50. The number of likely N-dealkylation sites (tertiary alicyclic amines) is 1. The molecule has 2 heterocycles. The Hall–Kier alpha value is -3.28. The van der Waals surface area contributed by atoms with E-state index in [0.717, 1.165) is 43.2 Å². The van der Waals surface area contributed by atoms with E-state index in [9.17, 15) is 4.79 Å². The molecular weight excluding hydrogens is 374 g/mol. The van der Waals surface area contributed by atoms with Crippen molar-refractivity contribution in [2.24, 2.45) is 10.9 Å². The Bertz CT molecular complexity index is 978. The predicted molar refractivity (Wildman–Crippen MR) is 121 cm³/mol. The summed E-state index contributed by atoms with van der Waals surface area (Å²) in [5, 5.41) is 7.93. The summed E-state index contributed by atoms with van der Waals surface area (Å²) in [7, 11) is 1.77. The lowest BCUT2D eigenvalue weighted by molar-refractivity contribution is -0.127. The van der Waals surface area contributed by atoms with Gasteiger partial charge >= 0.3 is 0 Å². The van der Waals surface area contributed by atoms with Crippen molar-refractivity contribution < 1.29 is 4.79 Å². The highest BCUT2D eigenvalue weighted by Gasteiger charge is 2.29. The van der Waals surface area contributed by atoms with Crippen LogP contribution in [0, 0.1) is 5.92 Å². The molecule has 2 aromatic carbocycles. The third kappa shape index (κ3) is 5.00. The van der Waals surface area contributed by atoms with Crippen molar-refractivity contribution in [1.29, 1.82) is 0 Å². The van der Waals surface area contributed by atoms with Crippen LogP contribution in [0.4, 0.5) is 0 Å². The molecule has 0 saturated carbocycles. The van der Waals surface area contributed by atoms with Gasteiger partial charge in [-0.15, -0.1) is 0 Å². The van der Waals surface area contributed by atoms with Crippen LogP contribution in [-0.4, -0.2) is 48.4 Å². The van der Waals surface area contributed by atoms with Crippen molar-refractivity contribution in [2.75, 3.05) is 26.7 Å². The minimum absolute atomic E-state index is 0.249. The van der Waals surface area contributed by atoms with Gasteiger partial charge < -0.3 is 20.5 Å². The van der Waals surface area contributed by atoms with E-state index in [4.69, 9.17) is 0 Å². The maximum absolute atomic E-state index is 12.4. The molecule has 6 nitrogen and oxygen atoms in total. The molecule has 1 aliphatic heterocycles. The van der Waals surface area contributed by atoms with Crippen molar-refractivity contribution in [3.8, 4) is 0 Å². The first-order valence-corrected chi connectivity index (χ1v) is 10.5. The first-order valence-electron chi connectivity index (χ1n) is 10.5. The summed E-state index contributed by atoms with van der Waals surface area (Å²) in [5.41, 5.74) is 3.52. The van der Waals surface area contributed by atoms with Gasteiger partial charge in [0.05, 0.1) is 6.54 Å².